The normalized spacial score (nSPS) is 9.67. The van der Waals surface area contributed by atoms with Gasteiger partial charge in [0.15, 0.2) is 0 Å². The third kappa shape index (κ3) is 4.08. The summed E-state index contributed by atoms with van der Waals surface area (Å²) in [5.74, 6) is 0. The first kappa shape index (κ1) is 15.5. The van der Waals surface area contributed by atoms with E-state index in [0.29, 0.717) is 0 Å². The summed E-state index contributed by atoms with van der Waals surface area (Å²) >= 11 is 0. The lowest BCUT2D eigenvalue weighted by atomic mass is 10.0. The van der Waals surface area contributed by atoms with Crippen LogP contribution in [0, 0.1) is 0 Å². The molecule has 4 aromatic heterocycles. The summed E-state index contributed by atoms with van der Waals surface area (Å²) < 4.78 is 0. The summed E-state index contributed by atoms with van der Waals surface area (Å²) in [5.41, 5.74) is 4.07. The molecular weight excluding hydrogens is 296 g/mol. The summed E-state index contributed by atoms with van der Waals surface area (Å²) in [7, 11) is 0. The molecule has 4 nitrogen and oxygen atoms in total. The first-order valence-electron chi connectivity index (χ1n) is 7.56. The second-order valence-electron chi connectivity index (χ2n) is 4.91. The van der Waals surface area contributed by atoms with Crippen molar-refractivity contribution in [2.24, 2.45) is 0 Å². The molecule has 116 valence electrons. The van der Waals surface area contributed by atoms with Gasteiger partial charge < -0.3 is 0 Å². The van der Waals surface area contributed by atoms with Gasteiger partial charge in [-0.05, 0) is 36.4 Å². The zero-order chi connectivity index (χ0) is 16.5. The van der Waals surface area contributed by atoms with Crippen LogP contribution in [0.15, 0.2) is 98.0 Å². The predicted molar refractivity (Wildman–Crippen MR) is 94.9 cm³/mol. The van der Waals surface area contributed by atoms with Crippen molar-refractivity contribution in [1.82, 2.24) is 19.9 Å². The largest absolute Gasteiger partial charge is 0.265 e. The van der Waals surface area contributed by atoms with Crippen molar-refractivity contribution in [3.8, 4) is 22.4 Å². The van der Waals surface area contributed by atoms with E-state index in [0.717, 1.165) is 22.4 Å². The van der Waals surface area contributed by atoms with Crippen molar-refractivity contribution in [1.29, 1.82) is 0 Å². The average molecular weight is 312 g/mol. The van der Waals surface area contributed by atoms with Gasteiger partial charge in [0.05, 0.1) is 5.69 Å². The van der Waals surface area contributed by atoms with E-state index >= 15 is 0 Å². The van der Waals surface area contributed by atoms with Crippen molar-refractivity contribution < 1.29 is 0 Å². The van der Waals surface area contributed by atoms with Crippen LogP contribution in [0.3, 0.4) is 0 Å². The molecule has 0 saturated heterocycles. The first-order valence-corrected chi connectivity index (χ1v) is 7.56. The standard InChI is InChI=1S/C15H11N3.C5H5N/c1-4-12(10-16-7-1)14-6-3-9-18-15(14)13-5-2-8-17-11-13;1-2-4-6-5-3-1/h1-11H;1-5H. The zero-order valence-corrected chi connectivity index (χ0v) is 13.0. The number of hydrogen-bond acceptors (Lipinski definition) is 4. The minimum absolute atomic E-state index is 0.929. The Kier molecular flexibility index (Phi) is 5.35. The maximum absolute atomic E-state index is 4.46. The fourth-order valence-electron chi connectivity index (χ4n) is 2.21. The second-order valence-corrected chi connectivity index (χ2v) is 4.91. The lowest BCUT2D eigenvalue weighted by molar-refractivity contribution is 1.27. The number of nitrogens with zero attached hydrogens (tertiary/aromatic N) is 4. The summed E-state index contributed by atoms with van der Waals surface area (Å²) in [5, 5.41) is 0. The Morgan fingerprint density at radius 1 is 0.500 bits per heavy atom. The molecule has 0 saturated carbocycles. The number of hydrogen-bond donors (Lipinski definition) is 0. The third-order valence-electron chi connectivity index (χ3n) is 3.28. The number of pyridine rings is 4. The Balaban J connectivity index is 0.000000238. The van der Waals surface area contributed by atoms with Crippen molar-refractivity contribution in [3.05, 3.63) is 98.0 Å². The third-order valence-corrected chi connectivity index (χ3v) is 3.28. The Morgan fingerprint density at radius 3 is 1.67 bits per heavy atom. The monoisotopic (exact) mass is 312 g/mol. The molecule has 0 radical (unpaired) electrons. The van der Waals surface area contributed by atoms with Crippen molar-refractivity contribution in [2.45, 2.75) is 0 Å². The Morgan fingerprint density at radius 2 is 1.12 bits per heavy atom. The van der Waals surface area contributed by atoms with E-state index in [9.17, 15) is 0 Å². The molecule has 0 amide bonds. The van der Waals surface area contributed by atoms with Crippen LogP contribution in [0.2, 0.25) is 0 Å². The van der Waals surface area contributed by atoms with Crippen molar-refractivity contribution >= 4 is 0 Å². The summed E-state index contributed by atoms with van der Waals surface area (Å²) in [6.45, 7) is 0. The zero-order valence-electron chi connectivity index (χ0n) is 13.0. The van der Waals surface area contributed by atoms with Crippen molar-refractivity contribution in [3.63, 3.8) is 0 Å². The first-order chi connectivity index (χ1) is 11.9. The van der Waals surface area contributed by atoms with Gasteiger partial charge in [-0.1, -0.05) is 18.2 Å². The fraction of sp³-hybridized carbons (Fsp3) is 0. The van der Waals surface area contributed by atoms with E-state index < -0.39 is 0 Å². The van der Waals surface area contributed by atoms with E-state index in [1.807, 2.05) is 67.0 Å². The van der Waals surface area contributed by atoms with Gasteiger partial charge >= 0.3 is 0 Å². The maximum Gasteiger partial charge on any atom is 0.0796 e. The molecule has 0 atom stereocenters. The molecule has 0 N–H and O–H groups in total. The fourth-order valence-corrected chi connectivity index (χ4v) is 2.21. The van der Waals surface area contributed by atoms with Gasteiger partial charge in [-0.25, -0.2) is 0 Å². The van der Waals surface area contributed by atoms with E-state index in [4.69, 9.17) is 0 Å². The Hall–Kier alpha value is -3.40. The highest BCUT2D eigenvalue weighted by molar-refractivity contribution is 5.79. The van der Waals surface area contributed by atoms with E-state index in [-0.39, 0.29) is 0 Å². The number of aromatic nitrogens is 4. The van der Waals surface area contributed by atoms with E-state index in [1.54, 1.807) is 31.0 Å². The van der Waals surface area contributed by atoms with Crippen LogP contribution >= 0.6 is 0 Å². The summed E-state index contributed by atoms with van der Waals surface area (Å²) in [4.78, 5) is 16.5. The van der Waals surface area contributed by atoms with Gasteiger partial charge in [-0.3, -0.25) is 19.9 Å². The van der Waals surface area contributed by atoms with E-state index in [1.165, 1.54) is 0 Å². The molecule has 4 heteroatoms. The lowest BCUT2D eigenvalue weighted by Gasteiger charge is -2.07. The van der Waals surface area contributed by atoms with Crippen LogP contribution in [-0.4, -0.2) is 19.9 Å². The topological polar surface area (TPSA) is 51.6 Å². The molecule has 0 aliphatic heterocycles. The lowest BCUT2D eigenvalue weighted by Crippen LogP contribution is -1.89. The summed E-state index contributed by atoms with van der Waals surface area (Å²) in [6.07, 6.45) is 12.5. The molecule has 0 unspecified atom stereocenters. The molecule has 0 aliphatic rings. The van der Waals surface area contributed by atoms with E-state index in [2.05, 4.69) is 19.9 Å². The summed E-state index contributed by atoms with van der Waals surface area (Å²) in [6, 6.07) is 17.6. The highest BCUT2D eigenvalue weighted by Gasteiger charge is 2.07. The molecular formula is C20H16N4. The van der Waals surface area contributed by atoms with Gasteiger partial charge in [0.2, 0.25) is 0 Å². The molecule has 4 aromatic rings. The molecule has 4 rings (SSSR count). The smallest absolute Gasteiger partial charge is 0.0796 e. The molecule has 0 fully saturated rings. The van der Waals surface area contributed by atoms with Crippen molar-refractivity contribution in [2.75, 3.05) is 0 Å². The molecule has 0 bridgehead atoms. The van der Waals surface area contributed by atoms with Gasteiger partial charge in [0, 0.05) is 60.1 Å². The molecule has 4 heterocycles. The van der Waals surface area contributed by atoms with Crippen LogP contribution in [0.25, 0.3) is 22.4 Å². The number of rotatable bonds is 2. The molecule has 0 aliphatic carbocycles. The molecule has 0 aromatic carbocycles. The van der Waals surface area contributed by atoms with Gasteiger partial charge in [-0.15, -0.1) is 0 Å². The average Bonchev–Trinajstić information content (AvgIpc) is 2.71. The Labute approximate surface area is 140 Å². The minimum Gasteiger partial charge on any atom is -0.265 e. The quantitative estimate of drug-likeness (QED) is 0.554. The van der Waals surface area contributed by atoms with Crippen LogP contribution in [0.1, 0.15) is 0 Å². The highest BCUT2D eigenvalue weighted by Crippen LogP contribution is 2.28. The van der Waals surface area contributed by atoms with Crippen LogP contribution in [0.5, 0.6) is 0 Å². The van der Waals surface area contributed by atoms with Crippen LogP contribution in [0.4, 0.5) is 0 Å². The SMILES string of the molecule is c1ccncc1.c1cncc(-c2cccnc2-c2cccnc2)c1. The van der Waals surface area contributed by atoms with Crippen LogP contribution < -0.4 is 0 Å². The second kappa shape index (κ2) is 8.29. The van der Waals surface area contributed by atoms with Gasteiger partial charge in [0.1, 0.15) is 0 Å². The predicted octanol–water partition coefficient (Wildman–Crippen LogP) is 4.29. The minimum atomic E-state index is 0.929. The van der Waals surface area contributed by atoms with Gasteiger partial charge in [0.25, 0.3) is 0 Å². The maximum atomic E-state index is 4.46. The molecule has 0 spiro atoms. The highest BCUT2D eigenvalue weighted by atomic mass is 14.7. The van der Waals surface area contributed by atoms with Crippen LogP contribution in [-0.2, 0) is 0 Å². The Bertz CT molecular complexity index is 765. The molecule has 24 heavy (non-hydrogen) atoms. The van der Waals surface area contributed by atoms with Gasteiger partial charge in [-0.2, -0.15) is 0 Å².